The first kappa shape index (κ1) is 16.4. The van der Waals surface area contributed by atoms with Gasteiger partial charge in [0, 0.05) is 18.0 Å². The summed E-state index contributed by atoms with van der Waals surface area (Å²) in [6.45, 7) is 5.44. The number of aliphatic hydroxyl groups excluding tert-OH is 1. The number of nitrogens with one attached hydrogen (secondary N) is 1. The molecule has 0 saturated carbocycles. The fourth-order valence-corrected chi connectivity index (χ4v) is 5.99. The maximum Gasteiger partial charge on any atom is 0.242 e. The Kier molecular flexibility index (Phi) is 5.61. The smallest absolute Gasteiger partial charge is 0.242 e. The zero-order chi connectivity index (χ0) is 14.8. The van der Waals surface area contributed by atoms with Gasteiger partial charge < -0.3 is 10.0 Å². The topological polar surface area (TPSA) is 69.6 Å². The van der Waals surface area contributed by atoms with Gasteiger partial charge in [0.2, 0.25) is 10.0 Å². The van der Waals surface area contributed by atoms with Crippen molar-refractivity contribution in [1.82, 2.24) is 9.62 Å². The molecule has 5 nitrogen and oxygen atoms in total. The Labute approximate surface area is 132 Å². The number of sulfonamides is 1. The van der Waals surface area contributed by atoms with Gasteiger partial charge in [-0.2, -0.15) is 0 Å². The lowest BCUT2D eigenvalue weighted by Gasteiger charge is -2.13. The van der Waals surface area contributed by atoms with Crippen LogP contribution in [0, 0.1) is 5.92 Å². The number of nitrogens with zero attached hydrogens (tertiary/aromatic N) is 1. The highest BCUT2D eigenvalue weighted by molar-refractivity contribution is 9.11. The number of thiophene rings is 1. The second-order valence-corrected chi connectivity index (χ2v) is 9.10. The predicted molar refractivity (Wildman–Crippen MR) is 83.4 cm³/mol. The third kappa shape index (κ3) is 3.80. The van der Waals surface area contributed by atoms with Gasteiger partial charge in [-0.15, -0.1) is 11.3 Å². The van der Waals surface area contributed by atoms with Crippen molar-refractivity contribution in [2.75, 3.05) is 26.2 Å². The fourth-order valence-electron chi connectivity index (χ4n) is 2.33. The summed E-state index contributed by atoms with van der Waals surface area (Å²) in [7, 11) is -3.51. The number of rotatable bonds is 6. The Balaban J connectivity index is 1.99. The molecule has 1 fully saturated rings. The minimum Gasteiger partial charge on any atom is -0.391 e. The largest absolute Gasteiger partial charge is 0.391 e. The molecular formula is C12H19BrN2O3S2. The van der Waals surface area contributed by atoms with E-state index in [9.17, 15) is 8.42 Å². The number of aliphatic hydroxyl groups is 1. The first-order valence-corrected chi connectivity index (χ1v) is 9.66. The molecule has 0 spiro atoms. The molecule has 0 amide bonds. The molecule has 0 aliphatic carbocycles. The molecule has 2 N–H and O–H groups in total. The fraction of sp³-hybridized carbons (Fsp3) is 0.667. The van der Waals surface area contributed by atoms with E-state index in [0.29, 0.717) is 21.1 Å². The van der Waals surface area contributed by atoms with Crippen molar-refractivity contribution < 1.29 is 13.5 Å². The number of hydrogen-bond donors (Lipinski definition) is 2. The maximum absolute atomic E-state index is 12.3. The van der Waals surface area contributed by atoms with Gasteiger partial charge in [0.25, 0.3) is 0 Å². The van der Waals surface area contributed by atoms with Crippen molar-refractivity contribution in [3.8, 4) is 0 Å². The highest BCUT2D eigenvalue weighted by atomic mass is 79.9. The van der Waals surface area contributed by atoms with Gasteiger partial charge in [-0.1, -0.05) is 6.92 Å². The predicted octanol–water partition coefficient (Wildman–Crippen LogP) is 1.62. The van der Waals surface area contributed by atoms with E-state index in [1.165, 1.54) is 17.4 Å². The zero-order valence-corrected chi connectivity index (χ0v) is 14.5. The maximum atomic E-state index is 12.3. The zero-order valence-electron chi connectivity index (χ0n) is 11.3. The van der Waals surface area contributed by atoms with Crippen LogP contribution in [0.15, 0.2) is 14.7 Å². The molecule has 8 heteroatoms. The van der Waals surface area contributed by atoms with Crippen LogP contribution >= 0.6 is 27.3 Å². The molecule has 2 heterocycles. The normalized spacial score (nSPS) is 20.6. The first-order chi connectivity index (χ1) is 9.46. The van der Waals surface area contributed by atoms with Crippen LogP contribution in [0.4, 0.5) is 0 Å². The molecule has 1 aliphatic rings. The van der Waals surface area contributed by atoms with E-state index in [1.54, 1.807) is 0 Å². The first-order valence-electron chi connectivity index (χ1n) is 6.57. The lowest BCUT2D eigenvalue weighted by molar-refractivity contribution is 0.285. The van der Waals surface area contributed by atoms with Crippen LogP contribution in [-0.2, 0) is 16.6 Å². The Morgan fingerprint density at radius 1 is 1.60 bits per heavy atom. The molecule has 1 aromatic rings. The summed E-state index contributed by atoms with van der Waals surface area (Å²) in [4.78, 5) is 3.18. The van der Waals surface area contributed by atoms with Crippen LogP contribution in [-0.4, -0.2) is 44.6 Å². The lowest BCUT2D eigenvalue weighted by Crippen LogP contribution is -2.31. The third-order valence-corrected chi connectivity index (χ3v) is 7.19. The molecule has 1 atom stereocenters. The molecule has 20 heavy (non-hydrogen) atoms. The highest BCUT2D eigenvalue weighted by Crippen LogP contribution is 2.31. The Morgan fingerprint density at radius 2 is 2.35 bits per heavy atom. The van der Waals surface area contributed by atoms with E-state index in [2.05, 4.69) is 32.5 Å². The minimum atomic E-state index is -3.51. The van der Waals surface area contributed by atoms with Crippen LogP contribution in [0.2, 0.25) is 0 Å². The van der Waals surface area contributed by atoms with Gasteiger partial charge in [-0.3, -0.25) is 0 Å². The molecule has 1 aromatic heterocycles. The van der Waals surface area contributed by atoms with Gasteiger partial charge in [-0.25, -0.2) is 13.1 Å². The summed E-state index contributed by atoms with van der Waals surface area (Å²) in [6.07, 6.45) is 1.03. The summed E-state index contributed by atoms with van der Waals surface area (Å²) in [5.74, 6) is 0.374. The van der Waals surface area contributed by atoms with E-state index >= 15 is 0 Å². The molecule has 2 rings (SSSR count). The Hall–Kier alpha value is 0.01000. The second kappa shape index (κ2) is 6.85. The summed E-state index contributed by atoms with van der Waals surface area (Å²) in [6, 6.07) is 1.52. The SMILES string of the molecule is CCN1CCC(CNS(=O)(=O)c2cc(CO)sc2Br)C1. The van der Waals surface area contributed by atoms with Crippen molar-refractivity contribution in [2.24, 2.45) is 5.92 Å². The minimum absolute atomic E-state index is 0.146. The number of hydrogen-bond acceptors (Lipinski definition) is 5. The van der Waals surface area contributed by atoms with Crippen LogP contribution in [0.5, 0.6) is 0 Å². The van der Waals surface area contributed by atoms with Gasteiger partial charge >= 0.3 is 0 Å². The lowest BCUT2D eigenvalue weighted by atomic mass is 10.1. The number of halogens is 1. The summed E-state index contributed by atoms with van der Waals surface area (Å²) < 4.78 is 27.7. The van der Waals surface area contributed by atoms with Crippen molar-refractivity contribution >= 4 is 37.3 Å². The van der Waals surface area contributed by atoms with Crippen molar-refractivity contribution in [1.29, 1.82) is 0 Å². The van der Waals surface area contributed by atoms with Crippen molar-refractivity contribution in [3.63, 3.8) is 0 Å². The number of likely N-dealkylation sites (tertiary alicyclic amines) is 1. The van der Waals surface area contributed by atoms with Gasteiger partial charge in [-0.05, 0) is 47.4 Å². The molecule has 1 saturated heterocycles. The molecule has 1 aliphatic heterocycles. The summed E-state index contributed by atoms with van der Waals surface area (Å²) in [5, 5.41) is 9.07. The Morgan fingerprint density at radius 3 is 2.90 bits per heavy atom. The van der Waals surface area contributed by atoms with Crippen LogP contribution in [0.1, 0.15) is 18.2 Å². The monoisotopic (exact) mass is 382 g/mol. The van der Waals surface area contributed by atoms with E-state index in [4.69, 9.17) is 5.11 Å². The Bertz CT molecular complexity index is 559. The van der Waals surface area contributed by atoms with E-state index in [0.717, 1.165) is 26.1 Å². The van der Waals surface area contributed by atoms with Crippen molar-refractivity contribution in [3.05, 3.63) is 14.7 Å². The summed E-state index contributed by atoms with van der Waals surface area (Å²) in [5.41, 5.74) is 0. The summed E-state index contributed by atoms with van der Waals surface area (Å²) >= 11 is 4.49. The molecule has 0 bridgehead atoms. The van der Waals surface area contributed by atoms with Gasteiger partial charge in [0.15, 0.2) is 0 Å². The van der Waals surface area contributed by atoms with Gasteiger partial charge in [0.1, 0.15) is 4.90 Å². The van der Waals surface area contributed by atoms with Gasteiger partial charge in [0.05, 0.1) is 10.4 Å². The molecule has 0 aromatic carbocycles. The molecule has 114 valence electrons. The molecule has 0 radical (unpaired) electrons. The van der Waals surface area contributed by atoms with Crippen LogP contribution in [0.25, 0.3) is 0 Å². The van der Waals surface area contributed by atoms with Crippen molar-refractivity contribution in [2.45, 2.75) is 24.8 Å². The average molecular weight is 383 g/mol. The van der Waals surface area contributed by atoms with E-state index in [-0.39, 0.29) is 11.5 Å². The molecular weight excluding hydrogens is 364 g/mol. The van der Waals surface area contributed by atoms with E-state index in [1.807, 2.05) is 0 Å². The van der Waals surface area contributed by atoms with Crippen LogP contribution < -0.4 is 4.72 Å². The quantitative estimate of drug-likeness (QED) is 0.784. The highest BCUT2D eigenvalue weighted by Gasteiger charge is 2.25. The second-order valence-electron chi connectivity index (χ2n) is 4.91. The van der Waals surface area contributed by atoms with Crippen LogP contribution in [0.3, 0.4) is 0 Å². The average Bonchev–Trinajstić information content (AvgIpc) is 3.02. The van der Waals surface area contributed by atoms with E-state index < -0.39 is 10.0 Å². The molecule has 1 unspecified atom stereocenters. The standard InChI is InChI=1S/C12H19BrN2O3S2/c1-2-15-4-3-9(7-15)6-14-20(17,18)11-5-10(8-16)19-12(11)13/h5,9,14,16H,2-4,6-8H2,1H3. The third-order valence-electron chi connectivity index (χ3n) is 3.53.